The lowest BCUT2D eigenvalue weighted by atomic mass is 10.2. The van der Waals surface area contributed by atoms with Crippen LogP contribution in [0.25, 0.3) is 10.9 Å². The average Bonchev–Trinajstić information content (AvgIpc) is 2.59. The van der Waals surface area contributed by atoms with Crippen molar-refractivity contribution in [2.75, 3.05) is 5.75 Å². The van der Waals surface area contributed by atoms with Gasteiger partial charge in [-0.15, -0.1) is 0 Å². The third-order valence-corrected chi connectivity index (χ3v) is 3.12. The molecule has 0 radical (unpaired) electrons. The summed E-state index contributed by atoms with van der Waals surface area (Å²) in [6.45, 7) is 2.11. The fourth-order valence-corrected chi connectivity index (χ4v) is 2.19. The minimum Gasteiger partial charge on any atom is -0.361 e. The molecule has 3 heteroatoms. The van der Waals surface area contributed by atoms with Gasteiger partial charge in [-0.1, -0.05) is 13.0 Å². The molecule has 2 rings (SSSR count). The highest BCUT2D eigenvalue weighted by atomic mass is 32.2. The first-order valence-corrected chi connectivity index (χ1v) is 5.80. The monoisotopic (exact) mass is 209 g/mol. The molecule has 14 heavy (non-hydrogen) atoms. The molecule has 1 N–H and O–H groups in total. The van der Waals surface area contributed by atoms with E-state index in [1.807, 2.05) is 12.3 Å². The Kier molecular flexibility index (Phi) is 2.77. The van der Waals surface area contributed by atoms with Crippen molar-refractivity contribution < 1.29 is 4.39 Å². The minimum absolute atomic E-state index is 0.129. The molecule has 0 amide bonds. The van der Waals surface area contributed by atoms with Crippen LogP contribution >= 0.6 is 11.8 Å². The van der Waals surface area contributed by atoms with Gasteiger partial charge in [0.15, 0.2) is 0 Å². The van der Waals surface area contributed by atoms with Gasteiger partial charge in [-0.25, -0.2) is 4.39 Å². The lowest BCUT2D eigenvalue weighted by Crippen LogP contribution is -1.81. The Morgan fingerprint density at radius 3 is 3.07 bits per heavy atom. The summed E-state index contributed by atoms with van der Waals surface area (Å²) in [5.41, 5.74) is 1.95. The molecule has 0 aliphatic rings. The zero-order chi connectivity index (χ0) is 9.97. The molecule has 0 saturated carbocycles. The van der Waals surface area contributed by atoms with Gasteiger partial charge in [0.2, 0.25) is 0 Å². The second-order valence-electron chi connectivity index (χ2n) is 3.11. The first kappa shape index (κ1) is 9.59. The van der Waals surface area contributed by atoms with E-state index in [-0.39, 0.29) is 5.82 Å². The number of rotatable bonds is 3. The average molecular weight is 209 g/mol. The van der Waals surface area contributed by atoms with E-state index in [2.05, 4.69) is 11.9 Å². The quantitative estimate of drug-likeness (QED) is 0.817. The molecule has 0 aliphatic heterocycles. The summed E-state index contributed by atoms with van der Waals surface area (Å²) in [7, 11) is 0. The lowest BCUT2D eigenvalue weighted by Gasteiger charge is -1.98. The van der Waals surface area contributed by atoms with E-state index in [9.17, 15) is 4.39 Å². The maximum Gasteiger partial charge on any atom is 0.132 e. The molecule has 0 atom stereocenters. The van der Waals surface area contributed by atoms with Crippen molar-refractivity contribution in [1.29, 1.82) is 0 Å². The number of benzene rings is 1. The highest BCUT2D eigenvalue weighted by molar-refractivity contribution is 7.98. The van der Waals surface area contributed by atoms with Gasteiger partial charge in [0.05, 0.1) is 0 Å². The van der Waals surface area contributed by atoms with Crippen molar-refractivity contribution in [3.8, 4) is 0 Å². The second kappa shape index (κ2) is 4.05. The second-order valence-corrected chi connectivity index (χ2v) is 4.39. The zero-order valence-electron chi connectivity index (χ0n) is 8.01. The maximum absolute atomic E-state index is 13.5. The minimum atomic E-state index is -0.129. The van der Waals surface area contributed by atoms with Crippen molar-refractivity contribution in [3.63, 3.8) is 0 Å². The SMILES string of the molecule is CCSCc1c[nH]c2cccc(F)c12. The number of aromatic amines is 1. The standard InChI is InChI=1S/C11H12FNS/c1-2-14-7-8-6-13-10-5-3-4-9(12)11(8)10/h3-6,13H,2,7H2,1H3. The van der Waals surface area contributed by atoms with E-state index >= 15 is 0 Å². The molecule has 1 aromatic heterocycles. The number of aromatic nitrogens is 1. The van der Waals surface area contributed by atoms with Gasteiger partial charge >= 0.3 is 0 Å². The van der Waals surface area contributed by atoms with Crippen LogP contribution in [0.1, 0.15) is 12.5 Å². The largest absolute Gasteiger partial charge is 0.361 e. The predicted octanol–water partition coefficient (Wildman–Crippen LogP) is 3.56. The van der Waals surface area contributed by atoms with E-state index in [1.54, 1.807) is 17.8 Å². The van der Waals surface area contributed by atoms with E-state index in [1.165, 1.54) is 6.07 Å². The molecule has 1 heterocycles. The van der Waals surface area contributed by atoms with Crippen molar-refractivity contribution in [3.05, 3.63) is 35.8 Å². The maximum atomic E-state index is 13.5. The summed E-state index contributed by atoms with van der Waals surface area (Å²) >= 11 is 1.80. The highest BCUT2D eigenvalue weighted by Gasteiger charge is 2.07. The molecule has 1 nitrogen and oxygen atoms in total. The van der Waals surface area contributed by atoms with Crippen molar-refractivity contribution in [2.24, 2.45) is 0 Å². The molecule has 0 unspecified atom stereocenters. The van der Waals surface area contributed by atoms with Gasteiger partial charge in [-0.2, -0.15) is 11.8 Å². The fraction of sp³-hybridized carbons (Fsp3) is 0.273. The number of fused-ring (bicyclic) bond motifs is 1. The van der Waals surface area contributed by atoms with Crippen LogP contribution in [0.2, 0.25) is 0 Å². The van der Waals surface area contributed by atoms with Crippen LogP contribution in [0.4, 0.5) is 4.39 Å². The topological polar surface area (TPSA) is 15.8 Å². The Labute approximate surface area is 86.7 Å². The summed E-state index contributed by atoms with van der Waals surface area (Å²) in [5.74, 6) is 1.80. The third-order valence-electron chi connectivity index (χ3n) is 2.20. The van der Waals surface area contributed by atoms with Crippen LogP contribution in [-0.2, 0) is 5.75 Å². The van der Waals surface area contributed by atoms with Gasteiger partial charge in [-0.3, -0.25) is 0 Å². The number of thioether (sulfide) groups is 1. The molecule has 74 valence electrons. The Balaban J connectivity index is 2.45. The first-order valence-electron chi connectivity index (χ1n) is 4.65. The number of halogens is 1. The summed E-state index contributed by atoms with van der Waals surface area (Å²) in [6, 6.07) is 5.14. The van der Waals surface area contributed by atoms with Crippen molar-refractivity contribution in [1.82, 2.24) is 4.98 Å². The number of H-pyrrole nitrogens is 1. The third kappa shape index (κ3) is 1.64. The molecule has 0 bridgehead atoms. The Hall–Kier alpha value is -0.960. The summed E-state index contributed by atoms with van der Waals surface area (Å²) < 4.78 is 13.5. The number of nitrogens with one attached hydrogen (secondary N) is 1. The van der Waals surface area contributed by atoms with Crippen LogP contribution in [0, 0.1) is 5.82 Å². The van der Waals surface area contributed by atoms with Crippen molar-refractivity contribution >= 4 is 22.7 Å². The Morgan fingerprint density at radius 2 is 2.29 bits per heavy atom. The zero-order valence-corrected chi connectivity index (χ0v) is 8.83. The summed E-state index contributed by atoms with van der Waals surface area (Å²) in [5, 5.41) is 0.744. The molecule has 0 saturated heterocycles. The van der Waals surface area contributed by atoms with Crippen LogP contribution in [0.5, 0.6) is 0 Å². The van der Waals surface area contributed by atoms with Crippen molar-refractivity contribution in [2.45, 2.75) is 12.7 Å². The van der Waals surface area contributed by atoms with Gasteiger partial charge in [0, 0.05) is 22.9 Å². The fourth-order valence-electron chi connectivity index (χ4n) is 1.53. The smallest absolute Gasteiger partial charge is 0.132 e. The van der Waals surface area contributed by atoms with Crippen LogP contribution in [0.3, 0.4) is 0 Å². The van der Waals surface area contributed by atoms with Crippen LogP contribution < -0.4 is 0 Å². The molecule has 0 spiro atoms. The molecule has 1 aromatic carbocycles. The van der Waals surface area contributed by atoms with E-state index < -0.39 is 0 Å². The van der Waals surface area contributed by atoms with Gasteiger partial charge in [0.25, 0.3) is 0 Å². The van der Waals surface area contributed by atoms with Gasteiger partial charge < -0.3 is 4.98 Å². The first-order chi connectivity index (χ1) is 6.83. The molecule has 0 aliphatic carbocycles. The Morgan fingerprint density at radius 1 is 1.43 bits per heavy atom. The van der Waals surface area contributed by atoms with Crippen LogP contribution in [0.15, 0.2) is 24.4 Å². The predicted molar refractivity (Wildman–Crippen MR) is 60.1 cm³/mol. The molecular weight excluding hydrogens is 197 g/mol. The normalized spacial score (nSPS) is 11.0. The molecule has 0 fully saturated rings. The Bertz CT molecular complexity index is 436. The van der Waals surface area contributed by atoms with E-state index in [0.717, 1.165) is 28.0 Å². The van der Waals surface area contributed by atoms with Crippen LogP contribution in [-0.4, -0.2) is 10.7 Å². The number of hydrogen-bond donors (Lipinski definition) is 1. The van der Waals surface area contributed by atoms with Gasteiger partial charge in [0.1, 0.15) is 5.82 Å². The summed E-state index contributed by atoms with van der Waals surface area (Å²) in [6.07, 6.45) is 1.90. The van der Waals surface area contributed by atoms with E-state index in [4.69, 9.17) is 0 Å². The molecular formula is C11H12FNS. The van der Waals surface area contributed by atoms with Gasteiger partial charge in [-0.05, 0) is 23.4 Å². The lowest BCUT2D eigenvalue weighted by molar-refractivity contribution is 0.639. The number of hydrogen-bond acceptors (Lipinski definition) is 1. The summed E-state index contributed by atoms with van der Waals surface area (Å²) in [4.78, 5) is 3.08. The molecule has 2 aromatic rings. The van der Waals surface area contributed by atoms with E-state index in [0.29, 0.717) is 0 Å². The highest BCUT2D eigenvalue weighted by Crippen LogP contribution is 2.24.